The molecule has 0 aliphatic carbocycles. The van der Waals surface area contributed by atoms with Crippen LogP contribution < -0.4 is 5.73 Å². The zero-order valence-electron chi connectivity index (χ0n) is 6.21. The van der Waals surface area contributed by atoms with Crippen molar-refractivity contribution in [2.45, 2.75) is 19.4 Å². The molecule has 2 N–H and O–H groups in total. The van der Waals surface area contributed by atoms with Gasteiger partial charge < -0.3 is 10.2 Å². The van der Waals surface area contributed by atoms with E-state index in [-0.39, 0.29) is 18.4 Å². The zero-order chi connectivity index (χ0) is 7.56. The van der Waals surface area contributed by atoms with Gasteiger partial charge in [0.2, 0.25) is 0 Å². The standard InChI is InChI=1S/C7H10BrNO.ClH/c1-5(9)2-6-3-10-4-7(6)8;/h3-5H,2,9H2,1H3;1H. The Balaban J connectivity index is 0.000001000. The highest BCUT2D eigenvalue weighted by Gasteiger charge is 2.03. The van der Waals surface area contributed by atoms with Crippen molar-refractivity contribution in [3.8, 4) is 0 Å². The summed E-state index contributed by atoms with van der Waals surface area (Å²) in [6.45, 7) is 1.97. The van der Waals surface area contributed by atoms with Crippen molar-refractivity contribution in [2.75, 3.05) is 0 Å². The first-order chi connectivity index (χ1) is 4.70. The van der Waals surface area contributed by atoms with Crippen LogP contribution in [-0.2, 0) is 6.42 Å². The van der Waals surface area contributed by atoms with E-state index in [1.165, 1.54) is 0 Å². The number of nitrogens with two attached hydrogens (primary N) is 1. The quantitative estimate of drug-likeness (QED) is 0.862. The van der Waals surface area contributed by atoms with Crippen LogP contribution in [0.3, 0.4) is 0 Å². The first-order valence-electron chi connectivity index (χ1n) is 3.16. The van der Waals surface area contributed by atoms with E-state index in [9.17, 15) is 0 Å². The molecule has 0 amide bonds. The van der Waals surface area contributed by atoms with Crippen LogP contribution in [0.25, 0.3) is 0 Å². The van der Waals surface area contributed by atoms with Crippen LogP contribution in [0.15, 0.2) is 21.4 Å². The molecule has 0 saturated heterocycles. The fourth-order valence-electron chi connectivity index (χ4n) is 0.800. The number of furan rings is 1. The van der Waals surface area contributed by atoms with Crippen molar-refractivity contribution < 1.29 is 4.42 Å². The van der Waals surface area contributed by atoms with E-state index in [2.05, 4.69) is 15.9 Å². The van der Waals surface area contributed by atoms with E-state index >= 15 is 0 Å². The van der Waals surface area contributed by atoms with Crippen molar-refractivity contribution >= 4 is 28.3 Å². The average Bonchev–Trinajstić information content (AvgIpc) is 2.15. The zero-order valence-corrected chi connectivity index (χ0v) is 8.61. The summed E-state index contributed by atoms with van der Waals surface area (Å²) in [5, 5.41) is 0. The molecule has 0 aliphatic heterocycles. The van der Waals surface area contributed by atoms with E-state index in [4.69, 9.17) is 10.2 Å². The molecule has 1 heterocycles. The highest BCUT2D eigenvalue weighted by molar-refractivity contribution is 9.10. The van der Waals surface area contributed by atoms with Crippen LogP contribution in [0.5, 0.6) is 0 Å². The SMILES string of the molecule is CC(N)Cc1cocc1Br.Cl. The van der Waals surface area contributed by atoms with E-state index in [0.29, 0.717) is 0 Å². The largest absolute Gasteiger partial charge is 0.471 e. The van der Waals surface area contributed by atoms with Crippen LogP contribution >= 0.6 is 28.3 Å². The second kappa shape index (κ2) is 4.80. The summed E-state index contributed by atoms with van der Waals surface area (Å²) in [6, 6.07) is 0.189. The molecule has 0 aliphatic rings. The van der Waals surface area contributed by atoms with Crippen LogP contribution in [0, 0.1) is 0 Å². The molecular formula is C7H11BrClNO. The first-order valence-corrected chi connectivity index (χ1v) is 3.95. The highest BCUT2D eigenvalue weighted by atomic mass is 79.9. The Morgan fingerprint density at radius 3 is 2.64 bits per heavy atom. The highest BCUT2D eigenvalue weighted by Crippen LogP contribution is 2.18. The normalized spacial score (nSPS) is 12.3. The molecule has 0 saturated carbocycles. The predicted octanol–water partition coefficient (Wildman–Crippen LogP) is 2.35. The van der Waals surface area contributed by atoms with Gasteiger partial charge in [-0.05, 0) is 29.3 Å². The Morgan fingerprint density at radius 2 is 2.27 bits per heavy atom. The Labute approximate surface area is 80.7 Å². The molecule has 1 unspecified atom stereocenters. The predicted molar refractivity (Wildman–Crippen MR) is 51.0 cm³/mol. The van der Waals surface area contributed by atoms with E-state index in [1.807, 2.05) is 6.92 Å². The Kier molecular flexibility index (Phi) is 4.81. The third kappa shape index (κ3) is 3.27. The van der Waals surface area contributed by atoms with Crippen molar-refractivity contribution in [3.05, 3.63) is 22.6 Å². The summed E-state index contributed by atoms with van der Waals surface area (Å²) in [5.41, 5.74) is 6.72. The van der Waals surface area contributed by atoms with E-state index in [1.54, 1.807) is 12.5 Å². The van der Waals surface area contributed by atoms with Crippen LogP contribution in [0.4, 0.5) is 0 Å². The first kappa shape index (κ1) is 11.0. The van der Waals surface area contributed by atoms with Gasteiger partial charge >= 0.3 is 0 Å². The molecule has 0 bridgehead atoms. The molecule has 1 rings (SSSR count). The number of rotatable bonds is 2. The van der Waals surface area contributed by atoms with Gasteiger partial charge in [0, 0.05) is 11.6 Å². The maximum Gasteiger partial charge on any atom is 0.105 e. The van der Waals surface area contributed by atoms with Crippen LogP contribution in [-0.4, -0.2) is 6.04 Å². The summed E-state index contributed by atoms with van der Waals surface area (Å²) >= 11 is 3.35. The third-order valence-corrected chi connectivity index (χ3v) is 1.93. The lowest BCUT2D eigenvalue weighted by molar-refractivity contribution is 0.561. The molecule has 1 atom stereocenters. The Hall–Kier alpha value is 0.01000. The minimum Gasteiger partial charge on any atom is -0.471 e. The van der Waals surface area contributed by atoms with Gasteiger partial charge in [-0.3, -0.25) is 0 Å². The molecule has 4 heteroatoms. The lowest BCUT2D eigenvalue weighted by atomic mass is 10.1. The molecule has 11 heavy (non-hydrogen) atoms. The van der Waals surface area contributed by atoms with Crippen LogP contribution in [0.2, 0.25) is 0 Å². The molecule has 1 aromatic rings. The minimum atomic E-state index is 0. The van der Waals surface area contributed by atoms with Gasteiger partial charge in [-0.2, -0.15) is 0 Å². The van der Waals surface area contributed by atoms with Crippen molar-refractivity contribution in [1.82, 2.24) is 0 Å². The second-order valence-electron chi connectivity index (χ2n) is 2.43. The lowest BCUT2D eigenvalue weighted by Crippen LogP contribution is -2.17. The second-order valence-corrected chi connectivity index (χ2v) is 3.28. The molecule has 0 fully saturated rings. The summed E-state index contributed by atoms with van der Waals surface area (Å²) in [7, 11) is 0. The van der Waals surface area contributed by atoms with Crippen LogP contribution in [0.1, 0.15) is 12.5 Å². The fourth-order valence-corrected chi connectivity index (χ4v) is 1.16. The van der Waals surface area contributed by atoms with E-state index in [0.717, 1.165) is 16.5 Å². The average molecular weight is 241 g/mol. The van der Waals surface area contributed by atoms with Gasteiger partial charge in [0.05, 0.1) is 10.7 Å². The molecular weight excluding hydrogens is 229 g/mol. The molecule has 0 aromatic carbocycles. The molecule has 64 valence electrons. The van der Waals surface area contributed by atoms with Gasteiger partial charge in [-0.15, -0.1) is 12.4 Å². The summed E-state index contributed by atoms with van der Waals surface area (Å²) in [6.07, 6.45) is 4.24. The van der Waals surface area contributed by atoms with Gasteiger partial charge in [0.15, 0.2) is 0 Å². The molecule has 0 radical (unpaired) electrons. The van der Waals surface area contributed by atoms with Gasteiger partial charge in [0.25, 0.3) is 0 Å². The molecule has 0 spiro atoms. The van der Waals surface area contributed by atoms with Crippen molar-refractivity contribution in [2.24, 2.45) is 5.73 Å². The van der Waals surface area contributed by atoms with Crippen molar-refractivity contribution in [1.29, 1.82) is 0 Å². The monoisotopic (exact) mass is 239 g/mol. The Morgan fingerprint density at radius 1 is 1.64 bits per heavy atom. The third-order valence-electron chi connectivity index (χ3n) is 1.23. The summed E-state index contributed by atoms with van der Waals surface area (Å²) in [4.78, 5) is 0. The topological polar surface area (TPSA) is 39.2 Å². The van der Waals surface area contributed by atoms with Gasteiger partial charge in [-0.1, -0.05) is 0 Å². The number of hydrogen-bond donors (Lipinski definition) is 1. The summed E-state index contributed by atoms with van der Waals surface area (Å²) in [5.74, 6) is 0. The molecule has 2 nitrogen and oxygen atoms in total. The van der Waals surface area contributed by atoms with Gasteiger partial charge in [0.1, 0.15) is 6.26 Å². The maximum absolute atomic E-state index is 5.59. The van der Waals surface area contributed by atoms with Gasteiger partial charge in [-0.25, -0.2) is 0 Å². The minimum absolute atomic E-state index is 0. The smallest absolute Gasteiger partial charge is 0.105 e. The van der Waals surface area contributed by atoms with E-state index < -0.39 is 0 Å². The maximum atomic E-state index is 5.59. The lowest BCUT2D eigenvalue weighted by Gasteiger charge is -2.00. The number of hydrogen-bond acceptors (Lipinski definition) is 2. The summed E-state index contributed by atoms with van der Waals surface area (Å²) < 4.78 is 5.95. The Bertz CT molecular complexity index is 212. The fraction of sp³-hybridized carbons (Fsp3) is 0.429. The number of halogens is 2. The molecule has 1 aromatic heterocycles. The van der Waals surface area contributed by atoms with Crippen molar-refractivity contribution in [3.63, 3.8) is 0 Å².